The van der Waals surface area contributed by atoms with E-state index in [2.05, 4.69) is 89.5 Å². The third-order valence-corrected chi connectivity index (χ3v) is 11.8. The lowest BCUT2D eigenvalue weighted by Gasteiger charge is -2.11. The van der Waals surface area contributed by atoms with Crippen molar-refractivity contribution in [1.29, 1.82) is 0 Å². The van der Waals surface area contributed by atoms with E-state index in [1.54, 1.807) is 0 Å². The minimum Gasteiger partial charge on any atom is -0.399 e. The summed E-state index contributed by atoms with van der Waals surface area (Å²) in [6.07, 6.45) is 0. The van der Waals surface area contributed by atoms with Crippen LogP contribution in [0, 0.1) is 59.2 Å². The van der Waals surface area contributed by atoms with Crippen LogP contribution in [0.4, 0.5) is 28.4 Å². The highest BCUT2D eigenvalue weighted by Gasteiger charge is 2.27. The highest BCUT2D eigenvalue weighted by molar-refractivity contribution is 6.46. The molecule has 5 nitrogen and oxygen atoms in total. The minimum atomic E-state index is 0.679. The van der Waals surface area contributed by atoms with Gasteiger partial charge >= 0.3 is 0 Å². The summed E-state index contributed by atoms with van der Waals surface area (Å²) in [6.45, 7) is 0. The zero-order valence-corrected chi connectivity index (χ0v) is 34.8. The molecule has 0 unspecified atom stereocenters. The maximum atomic E-state index is 6.06. The third-order valence-electron chi connectivity index (χ3n) is 11.8. The second-order valence-corrected chi connectivity index (χ2v) is 16.1. The zero-order chi connectivity index (χ0) is 44.2. The van der Waals surface area contributed by atoms with Crippen molar-refractivity contribution < 1.29 is 0 Å². The normalized spacial score (nSPS) is 10.8. The Bertz CT molecular complexity index is 3370. The van der Waals surface area contributed by atoms with Crippen LogP contribution < -0.4 is 28.7 Å². The van der Waals surface area contributed by atoms with Gasteiger partial charge < -0.3 is 28.7 Å². The van der Waals surface area contributed by atoms with E-state index >= 15 is 0 Å². The lowest BCUT2D eigenvalue weighted by Crippen LogP contribution is -1.90. The number of hydrogen-bond donors (Lipinski definition) is 5. The quantitative estimate of drug-likeness (QED) is 0.0591. The first-order valence-corrected chi connectivity index (χ1v) is 20.9. The Balaban J connectivity index is 1.29. The minimum absolute atomic E-state index is 0.679. The molecule has 11 rings (SSSR count). The molecule has 0 aliphatic rings. The molecule has 11 aromatic carbocycles. The van der Waals surface area contributed by atoms with Crippen molar-refractivity contribution in [2.75, 3.05) is 28.7 Å². The summed E-state index contributed by atoms with van der Waals surface area (Å²) in [5.74, 6) is 35.0. The van der Waals surface area contributed by atoms with Crippen LogP contribution in [-0.2, 0) is 0 Å². The lowest BCUT2D eigenvalue weighted by molar-refractivity contribution is 1.63. The summed E-state index contributed by atoms with van der Waals surface area (Å²) in [7, 11) is 0. The van der Waals surface area contributed by atoms with E-state index in [0.29, 0.717) is 28.4 Å². The molecule has 0 fully saturated rings. The van der Waals surface area contributed by atoms with Crippen molar-refractivity contribution >= 4 is 82.3 Å². The highest BCUT2D eigenvalue weighted by atomic mass is 14.5. The van der Waals surface area contributed by atoms with Gasteiger partial charge in [-0.15, -0.1) is 0 Å². The first-order chi connectivity index (χ1) is 31.7. The Morgan fingerprint density at radius 1 is 0.200 bits per heavy atom. The Morgan fingerprint density at radius 2 is 0.354 bits per heavy atom. The predicted molar refractivity (Wildman–Crippen MR) is 272 cm³/mol. The van der Waals surface area contributed by atoms with Gasteiger partial charge in [-0.05, 0) is 179 Å². The number of nitrogens with two attached hydrogens (primary N) is 5. The maximum Gasteiger partial charge on any atom is 0.0335 e. The van der Waals surface area contributed by atoms with E-state index in [9.17, 15) is 0 Å². The molecule has 5 heteroatoms. The van der Waals surface area contributed by atoms with Gasteiger partial charge in [0.25, 0.3) is 0 Å². The third kappa shape index (κ3) is 7.04. The van der Waals surface area contributed by atoms with Gasteiger partial charge in [0, 0.05) is 111 Å². The second-order valence-electron chi connectivity index (χ2n) is 16.1. The van der Waals surface area contributed by atoms with Crippen LogP contribution in [0.2, 0.25) is 0 Å². The van der Waals surface area contributed by atoms with Crippen molar-refractivity contribution in [2.45, 2.75) is 0 Å². The van der Waals surface area contributed by atoms with Crippen molar-refractivity contribution in [1.82, 2.24) is 0 Å². The summed E-state index contributed by atoms with van der Waals surface area (Å²) in [4.78, 5) is 0. The van der Waals surface area contributed by atoms with E-state index in [4.69, 9.17) is 28.7 Å². The number of rotatable bonds is 0. The van der Waals surface area contributed by atoms with E-state index in [-0.39, 0.29) is 0 Å². The monoisotopic (exact) mass is 825 g/mol. The molecular formula is C60H35N5. The molecule has 65 heavy (non-hydrogen) atoms. The van der Waals surface area contributed by atoms with Crippen LogP contribution in [-0.4, -0.2) is 0 Å². The summed E-state index contributed by atoms with van der Waals surface area (Å²) >= 11 is 0. The number of benzene rings is 10. The summed E-state index contributed by atoms with van der Waals surface area (Å²) < 4.78 is 0. The average molecular weight is 826 g/mol. The molecule has 0 aliphatic heterocycles. The summed E-state index contributed by atoms with van der Waals surface area (Å²) in [5, 5.41) is 10.4. The van der Waals surface area contributed by atoms with Gasteiger partial charge in [-0.25, -0.2) is 0 Å². The molecular weight excluding hydrogens is 791 g/mol. The molecule has 0 aromatic heterocycles. The molecule has 0 bridgehead atoms. The number of hydrogen-bond acceptors (Lipinski definition) is 5. The van der Waals surface area contributed by atoms with Crippen molar-refractivity contribution in [2.24, 2.45) is 0 Å². The molecule has 10 N–H and O–H groups in total. The molecule has 0 atom stereocenters. The maximum absolute atomic E-state index is 6.06. The largest absolute Gasteiger partial charge is 0.399 e. The summed E-state index contributed by atoms with van der Waals surface area (Å²) in [6, 6.07) is 49.0. The Morgan fingerprint density at radius 3 is 0.508 bits per heavy atom. The van der Waals surface area contributed by atoms with Gasteiger partial charge in [-0.3, -0.25) is 0 Å². The summed E-state index contributed by atoms with van der Waals surface area (Å²) in [5.41, 5.74) is 42.2. The van der Waals surface area contributed by atoms with Gasteiger partial charge in [-0.2, -0.15) is 0 Å². The molecule has 0 spiro atoms. The van der Waals surface area contributed by atoms with Crippen LogP contribution in [0.3, 0.4) is 0 Å². The molecule has 0 radical (unpaired) electrons. The molecule has 0 saturated heterocycles. The average Bonchev–Trinajstić information content (AvgIpc) is 3.68. The van der Waals surface area contributed by atoms with Gasteiger partial charge in [-0.1, -0.05) is 59.2 Å². The van der Waals surface area contributed by atoms with Crippen molar-refractivity contribution in [3.05, 3.63) is 207 Å². The van der Waals surface area contributed by atoms with Gasteiger partial charge in [0.05, 0.1) is 0 Å². The predicted octanol–water partition coefficient (Wildman–Crippen LogP) is 10.7. The van der Waals surface area contributed by atoms with Gasteiger partial charge in [0.2, 0.25) is 0 Å². The number of anilines is 5. The highest BCUT2D eigenvalue weighted by Crippen LogP contribution is 2.52. The Labute approximate surface area is 375 Å². The van der Waals surface area contributed by atoms with E-state index in [1.807, 2.05) is 121 Å². The fraction of sp³-hybridized carbons (Fsp3) is 0. The van der Waals surface area contributed by atoms with Crippen LogP contribution in [0.5, 0.6) is 0 Å². The topological polar surface area (TPSA) is 130 Å². The smallest absolute Gasteiger partial charge is 0.0335 e. The van der Waals surface area contributed by atoms with Crippen LogP contribution in [0.15, 0.2) is 152 Å². The second kappa shape index (κ2) is 15.3. The molecule has 0 amide bonds. The standard InChI is InChI=1S/C60H35N5/c61-46-21-6-36(7-22-46)1-16-41-31-52-43(18-3-38-10-25-48(63)26-11-38)33-54-45(20-5-40-14-29-50(65)30-15-40)35-55-44(19-4-39-12-27-49(64)28-13-39)34-53-42(17-2-37-8-23-47(62)24-9-37)32-51(41)56-57(52)59(54)60(55)58(53)56/h6-15,21-35H,61-65H2. The van der Waals surface area contributed by atoms with Crippen molar-refractivity contribution in [3.63, 3.8) is 0 Å². The molecule has 0 saturated carbocycles. The molecule has 300 valence electrons. The lowest BCUT2D eigenvalue weighted by atomic mass is 9.90. The first-order valence-electron chi connectivity index (χ1n) is 20.9. The fourth-order valence-electron chi connectivity index (χ4n) is 8.55. The SMILES string of the molecule is Nc1ccc(C#Cc2cc3c(C#Cc4ccc(N)cc4)cc4c(C#Cc5ccc(N)cc5)cc5c(C#Cc6ccc(N)cc6)cc6c(C#Cc7ccc(N)cc7)cc2c2c6c5c4c32)cc1. The van der Waals surface area contributed by atoms with Gasteiger partial charge in [0.1, 0.15) is 0 Å². The van der Waals surface area contributed by atoms with Crippen LogP contribution >= 0.6 is 0 Å². The Kier molecular flexibility index (Phi) is 9.02. The van der Waals surface area contributed by atoms with E-state index in [0.717, 1.165) is 109 Å². The van der Waals surface area contributed by atoms with Gasteiger partial charge in [0.15, 0.2) is 0 Å². The molecule has 0 heterocycles. The van der Waals surface area contributed by atoms with E-state index < -0.39 is 0 Å². The zero-order valence-electron chi connectivity index (χ0n) is 34.8. The van der Waals surface area contributed by atoms with Crippen LogP contribution in [0.1, 0.15) is 55.6 Å². The van der Waals surface area contributed by atoms with Crippen LogP contribution in [0.25, 0.3) is 53.9 Å². The fourth-order valence-corrected chi connectivity index (χ4v) is 8.55. The molecule has 11 aromatic rings. The van der Waals surface area contributed by atoms with E-state index in [1.165, 1.54) is 0 Å². The molecule has 0 aliphatic carbocycles. The number of nitrogen functional groups attached to an aromatic ring is 5. The first kappa shape index (κ1) is 38.2. The van der Waals surface area contributed by atoms with Crippen molar-refractivity contribution in [3.8, 4) is 59.2 Å². The Hall–Kier alpha value is -9.70.